The van der Waals surface area contributed by atoms with Crippen molar-refractivity contribution in [1.29, 1.82) is 0 Å². The van der Waals surface area contributed by atoms with Crippen molar-refractivity contribution in [3.8, 4) is 0 Å². The highest BCUT2D eigenvalue weighted by molar-refractivity contribution is 9.10. The highest BCUT2D eigenvalue weighted by atomic mass is 79.9. The standard InChI is InChI=1S/C20H21BrFN3O3/c21-16-4-2-1-3-15(16)20(27)23-14-5-6-17(22)18(13-14)24-19(26)7-8-25-9-11-28-12-10-25/h1-6,13H,7-12H2,(H,23,27)(H,24,26). The van der Waals surface area contributed by atoms with Crippen molar-refractivity contribution in [3.63, 3.8) is 0 Å². The molecule has 0 aliphatic carbocycles. The lowest BCUT2D eigenvalue weighted by Crippen LogP contribution is -2.38. The molecule has 0 saturated carbocycles. The Kier molecular flexibility index (Phi) is 7.13. The summed E-state index contributed by atoms with van der Waals surface area (Å²) in [5, 5.41) is 5.30. The van der Waals surface area contributed by atoms with E-state index < -0.39 is 5.82 Å². The molecular formula is C20H21BrFN3O3. The molecule has 1 aliphatic heterocycles. The Morgan fingerprint density at radius 3 is 2.61 bits per heavy atom. The normalized spacial score (nSPS) is 14.5. The minimum atomic E-state index is -0.557. The number of carbonyl (C=O) groups excluding carboxylic acids is 2. The molecule has 1 saturated heterocycles. The van der Waals surface area contributed by atoms with Crippen molar-refractivity contribution >= 4 is 39.1 Å². The van der Waals surface area contributed by atoms with Gasteiger partial charge in [0.05, 0.1) is 24.5 Å². The van der Waals surface area contributed by atoms with Gasteiger partial charge in [-0.3, -0.25) is 14.5 Å². The van der Waals surface area contributed by atoms with Crippen molar-refractivity contribution in [1.82, 2.24) is 4.90 Å². The second-order valence-corrected chi connectivity index (χ2v) is 7.24. The van der Waals surface area contributed by atoms with E-state index in [4.69, 9.17) is 4.74 Å². The van der Waals surface area contributed by atoms with Crippen LogP contribution in [0, 0.1) is 5.82 Å². The van der Waals surface area contributed by atoms with Gasteiger partial charge in [-0.2, -0.15) is 0 Å². The summed E-state index contributed by atoms with van der Waals surface area (Å²) in [6.45, 7) is 3.50. The molecular weight excluding hydrogens is 429 g/mol. The maximum atomic E-state index is 14.1. The molecule has 1 fully saturated rings. The first kappa shape index (κ1) is 20.4. The maximum absolute atomic E-state index is 14.1. The minimum absolute atomic E-state index is 0.0388. The first-order valence-corrected chi connectivity index (χ1v) is 9.77. The maximum Gasteiger partial charge on any atom is 0.256 e. The predicted molar refractivity (Wildman–Crippen MR) is 109 cm³/mol. The molecule has 148 valence electrons. The number of nitrogens with zero attached hydrogens (tertiary/aromatic N) is 1. The zero-order valence-corrected chi connectivity index (χ0v) is 16.8. The number of anilines is 2. The van der Waals surface area contributed by atoms with Gasteiger partial charge in [0.2, 0.25) is 5.91 Å². The zero-order chi connectivity index (χ0) is 19.9. The Balaban J connectivity index is 1.60. The molecule has 0 unspecified atom stereocenters. The van der Waals surface area contributed by atoms with Crippen molar-refractivity contribution in [2.45, 2.75) is 6.42 Å². The van der Waals surface area contributed by atoms with Gasteiger partial charge in [0.1, 0.15) is 5.82 Å². The van der Waals surface area contributed by atoms with Crippen LogP contribution in [0.1, 0.15) is 16.8 Å². The summed E-state index contributed by atoms with van der Waals surface area (Å²) in [7, 11) is 0. The third-order valence-electron chi connectivity index (χ3n) is 4.38. The first-order valence-electron chi connectivity index (χ1n) is 8.98. The third-order valence-corrected chi connectivity index (χ3v) is 5.07. The number of rotatable bonds is 6. The van der Waals surface area contributed by atoms with Gasteiger partial charge < -0.3 is 15.4 Å². The van der Waals surface area contributed by atoms with Gasteiger partial charge in [-0.1, -0.05) is 12.1 Å². The molecule has 1 aliphatic rings. The summed E-state index contributed by atoms with van der Waals surface area (Å²) >= 11 is 3.33. The molecule has 2 amide bonds. The van der Waals surface area contributed by atoms with E-state index in [1.807, 2.05) is 6.07 Å². The molecule has 2 aromatic rings. The Morgan fingerprint density at radius 2 is 1.86 bits per heavy atom. The average Bonchev–Trinajstić information content (AvgIpc) is 2.70. The van der Waals surface area contributed by atoms with Crippen molar-refractivity contribution in [3.05, 3.63) is 58.3 Å². The van der Waals surface area contributed by atoms with E-state index in [0.717, 1.165) is 13.1 Å². The van der Waals surface area contributed by atoms with E-state index in [0.29, 0.717) is 35.5 Å². The number of morpholine rings is 1. The zero-order valence-electron chi connectivity index (χ0n) is 15.2. The van der Waals surface area contributed by atoms with Crippen LogP contribution in [0.2, 0.25) is 0 Å². The first-order chi connectivity index (χ1) is 13.5. The van der Waals surface area contributed by atoms with Crippen molar-refractivity contribution in [2.24, 2.45) is 0 Å². The van der Waals surface area contributed by atoms with E-state index >= 15 is 0 Å². The van der Waals surface area contributed by atoms with Gasteiger partial charge in [-0.25, -0.2) is 4.39 Å². The number of benzene rings is 2. The van der Waals surface area contributed by atoms with Crippen LogP contribution in [-0.4, -0.2) is 49.6 Å². The van der Waals surface area contributed by atoms with Gasteiger partial charge in [-0.05, 0) is 46.3 Å². The van der Waals surface area contributed by atoms with Crippen LogP contribution in [-0.2, 0) is 9.53 Å². The summed E-state index contributed by atoms with van der Waals surface area (Å²) < 4.78 is 20.0. The molecule has 1 heterocycles. The summed E-state index contributed by atoms with van der Waals surface area (Å²) in [6.07, 6.45) is 0.257. The van der Waals surface area contributed by atoms with Crippen LogP contribution in [0.25, 0.3) is 0 Å². The fourth-order valence-corrected chi connectivity index (χ4v) is 3.30. The molecule has 6 nitrogen and oxygen atoms in total. The molecule has 2 N–H and O–H groups in total. The van der Waals surface area contributed by atoms with Gasteiger partial charge in [0.15, 0.2) is 0 Å². The minimum Gasteiger partial charge on any atom is -0.379 e. The van der Waals surface area contributed by atoms with Gasteiger partial charge in [0, 0.05) is 36.2 Å². The fourth-order valence-electron chi connectivity index (χ4n) is 2.84. The molecule has 0 spiro atoms. The molecule has 0 aromatic heterocycles. The lowest BCUT2D eigenvalue weighted by atomic mass is 10.2. The molecule has 2 aromatic carbocycles. The predicted octanol–water partition coefficient (Wildman–Crippen LogP) is 3.50. The number of nitrogens with one attached hydrogen (secondary N) is 2. The SMILES string of the molecule is O=C(CCN1CCOCC1)Nc1cc(NC(=O)c2ccccc2Br)ccc1F. The molecule has 28 heavy (non-hydrogen) atoms. The quantitative estimate of drug-likeness (QED) is 0.707. The van der Waals surface area contributed by atoms with E-state index in [1.54, 1.807) is 18.2 Å². The molecule has 0 radical (unpaired) electrons. The van der Waals surface area contributed by atoms with Crippen LogP contribution in [0.3, 0.4) is 0 Å². The van der Waals surface area contributed by atoms with Crippen LogP contribution in [0.4, 0.5) is 15.8 Å². The monoisotopic (exact) mass is 449 g/mol. The van der Waals surface area contributed by atoms with Crippen LogP contribution >= 0.6 is 15.9 Å². The van der Waals surface area contributed by atoms with Crippen LogP contribution < -0.4 is 10.6 Å². The van der Waals surface area contributed by atoms with Crippen molar-refractivity contribution < 1.29 is 18.7 Å². The number of hydrogen-bond donors (Lipinski definition) is 2. The Hall–Kier alpha value is -2.29. The number of amides is 2. The molecule has 0 bridgehead atoms. The van der Waals surface area contributed by atoms with Crippen LogP contribution in [0.15, 0.2) is 46.9 Å². The number of carbonyl (C=O) groups is 2. The Bertz CT molecular complexity index is 856. The fraction of sp³-hybridized carbons (Fsp3) is 0.300. The average molecular weight is 450 g/mol. The number of hydrogen-bond acceptors (Lipinski definition) is 4. The van der Waals surface area contributed by atoms with Gasteiger partial charge in [-0.15, -0.1) is 0 Å². The smallest absolute Gasteiger partial charge is 0.256 e. The molecule has 3 rings (SSSR count). The second kappa shape index (κ2) is 9.77. The summed E-state index contributed by atoms with van der Waals surface area (Å²) in [6, 6.07) is 11.1. The van der Waals surface area contributed by atoms with E-state index in [2.05, 4.69) is 31.5 Å². The van der Waals surface area contributed by atoms with E-state index in [1.165, 1.54) is 18.2 Å². The summed E-state index contributed by atoms with van der Waals surface area (Å²) in [4.78, 5) is 26.7. The highest BCUT2D eigenvalue weighted by Crippen LogP contribution is 2.22. The van der Waals surface area contributed by atoms with Crippen molar-refractivity contribution in [2.75, 3.05) is 43.5 Å². The van der Waals surface area contributed by atoms with E-state index in [-0.39, 0.29) is 23.9 Å². The van der Waals surface area contributed by atoms with Gasteiger partial charge >= 0.3 is 0 Å². The lowest BCUT2D eigenvalue weighted by Gasteiger charge is -2.26. The topological polar surface area (TPSA) is 70.7 Å². The Morgan fingerprint density at radius 1 is 1.11 bits per heavy atom. The summed E-state index contributed by atoms with van der Waals surface area (Å²) in [5.74, 6) is -1.16. The van der Waals surface area contributed by atoms with Gasteiger partial charge in [0.25, 0.3) is 5.91 Å². The lowest BCUT2D eigenvalue weighted by molar-refractivity contribution is -0.116. The molecule has 8 heteroatoms. The highest BCUT2D eigenvalue weighted by Gasteiger charge is 2.14. The second-order valence-electron chi connectivity index (χ2n) is 6.38. The van der Waals surface area contributed by atoms with E-state index in [9.17, 15) is 14.0 Å². The summed E-state index contributed by atoms with van der Waals surface area (Å²) in [5.41, 5.74) is 0.894. The number of ether oxygens (including phenoxy) is 1. The Labute approximate surface area is 171 Å². The largest absolute Gasteiger partial charge is 0.379 e. The third kappa shape index (κ3) is 5.60. The number of halogens is 2. The molecule has 0 atom stereocenters. The van der Waals surface area contributed by atoms with Crippen LogP contribution in [0.5, 0.6) is 0 Å².